The first kappa shape index (κ1) is 18.4. The van der Waals surface area contributed by atoms with Crippen molar-refractivity contribution in [2.45, 2.75) is 26.1 Å². The molecule has 0 atom stereocenters. The minimum Gasteiger partial charge on any atom is -0.290 e. The van der Waals surface area contributed by atoms with Gasteiger partial charge < -0.3 is 0 Å². The maximum absolute atomic E-state index is 12.8. The molecule has 4 nitrogen and oxygen atoms in total. The third kappa shape index (κ3) is 5.93. The lowest BCUT2D eigenvalue weighted by atomic mass is 10.1. The molecule has 0 N–H and O–H groups in total. The number of halogens is 3. The molecule has 2 rings (SSSR count). The van der Waals surface area contributed by atoms with E-state index in [1.54, 1.807) is 0 Å². The molecule has 0 aliphatic heterocycles. The molecule has 0 fully saturated rings. The summed E-state index contributed by atoms with van der Waals surface area (Å²) in [6.07, 6.45) is -3.82. The maximum atomic E-state index is 12.8. The van der Waals surface area contributed by atoms with Crippen LogP contribution in [0.4, 0.5) is 18.2 Å². The van der Waals surface area contributed by atoms with Crippen molar-refractivity contribution >= 4 is 16.3 Å². The van der Waals surface area contributed by atoms with Crippen LogP contribution < -0.4 is 0 Å². The highest BCUT2D eigenvalue weighted by molar-refractivity contribution is 7.13. The van der Waals surface area contributed by atoms with Crippen LogP contribution in [0.2, 0.25) is 0 Å². The van der Waals surface area contributed by atoms with Crippen molar-refractivity contribution in [3.8, 4) is 0 Å². The first-order valence-corrected chi connectivity index (χ1v) is 8.17. The summed E-state index contributed by atoms with van der Waals surface area (Å²) < 4.78 is 38.3. The largest absolute Gasteiger partial charge is 0.401 e. The topological polar surface area (TPSA) is 46.4 Å². The lowest BCUT2D eigenvalue weighted by molar-refractivity contribution is -0.380. The van der Waals surface area contributed by atoms with E-state index in [2.05, 4.69) is 0 Å². The Morgan fingerprint density at radius 2 is 1.88 bits per heavy atom. The van der Waals surface area contributed by atoms with E-state index in [0.29, 0.717) is 12.0 Å². The second-order valence-corrected chi connectivity index (χ2v) is 6.50. The zero-order chi connectivity index (χ0) is 17.7. The van der Waals surface area contributed by atoms with Gasteiger partial charge in [-0.2, -0.15) is 13.2 Å². The van der Waals surface area contributed by atoms with Gasteiger partial charge >= 0.3 is 11.2 Å². The lowest BCUT2D eigenvalue weighted by Gasteiger charge is -2.23. The SMILES string of the molecule is Cc1ccc(CCN(Cc2csc([N+](=O)[O-])c2)CC(F)(F)F)cc1. The predicted octanol–water partition coefficient (Wildman–Crippen LogP) is 4.57. The third-order valence-corrected chi connectivity index (χ3v) is 4.40. The number of alkyl halides is 3. The van der Waals surface area contributed by atoms with Crippen molar-refractivity contribution in [1.29, 1.82) is 0 Å². The number of nitro groups is 1. The second kappa shape index (κ2) is 7.76. The molecule has 0 unspecified atom stereocenters. The van der Waals surface area contributed by atoms with E-state index in [9.17, 15) is 23.3 Å². The van der Waals surface area contributed by atoms with E-state index < -0.39 is 17.6 Å². The van der Waals surface area contributed by atoms with Crippen molar-refractivity contribution in [2.24, 2.45) is 0 Å². The molecule has 0 aliphatic rings. The molecule has 0 amide bonds. The van der Waals surface area contributed by atoms with Crippen molar-refractivity contribution in [3.05, 3.63) is 62.5 Å². The maximum Gasteiger partial charge on any atom is 0.401 e. The van der Waals surface area contributed by atoms with Gasteiger partial charge in [-0.05, 0) is 24.5 Å². The molecule has 0 saturated carbocycles. The minimum atomic E-state index is -4.31. The summed E-state index contributed by atoms with van der Waals surface area (Å²) in [5.41, 5.74) is 2.58. The molecule has 8 heteroatoms. The predicted molar refractivity (Wildman–Crippen MR) is 87.2 cm³/mol. The molecule has 0 bridgehead atoms. The zero-order valence-corrected chi connectivity index (χ0v) is 13.9. The fourth-order valence-electron chi connectivity index (χ4n) is 2.31. The highest BCUT2D eigenvalue weighted by atomic mass is 32.1. The molecule has 0 spiro atoms. The fraction of sp³-hybridized carbons (Fsp3) is 0.375. The van der Waals surface area contributed by atoms with Crippen molar-refractivity contribution in [3.63, 3.8) is 0 Å². The number of hydrogen-bond acceptors (Lipinski definition) is 4. The summed E-state index contributed by atoms with van der Waals surface area (Å²) in [4.78, 5) is 11.4. The van der Waals surface area contributed by atoms with Gasteiger partial charge in [-0.3, -0.25) is 15.0 Å². The average Bonchev–Trinajstić information content (AvgIpc) is 2.93. The smallest absolute Gasteiger partial charge is 0.290 e. The molecule has 0 radical (unpaired) electrons. The zero-order valence-electron chi connectivity index (χ0n) is 13.0. The van der Waals surface area contributed by atoms with E-state index >= 15 is 0 Å². The molecule has 0 saturated heterocycles. The summed E-state index contributed by atoms with van der Waals surface area (Å²) in [6, 6.07) is 8.98. The summed E-state index contributed by atoms with van der Waals surface area (Å²) in [5.74, 6) is 0. The van der Waals surface area contributed by atoms with Gasteiger partial charge in [0, 0.05) is 24.5 Å². The van der Waals surface area contributed by atoms with Crippen molar-refractivity contribution in [1.82, 2.24) is 4.90 Å². The third-order valence-electron chi connectivity index (χ3n) is 3.47. The summed E-state index contributed by atoms with van der Waals surface area (Å²) in [5, 5.41) is 12.2. The molecule has 0 aliphatic carbocycles. The normalized spacial score (nSPS) is 11.9. The van der Waals surface area contributed by atoms with Crippen LogP contribution in [0.1, 0.15) is 16.7 Å². The van der Waals surface area contributed by atoms with Crippen LogP contribution in [0.15, 0.2) is 35.7 Å². The molecule has 130 valence electrons. The monoisotopic (exact) mass is 358 g/mol. The number of hydrogen-bond donors (Lipinski definition) is 0. The molecule has 1 heterocycles. The highest BCUT2D eigenvalue weighted by Gasteiger charge is 2.30. The number of rotatable bonds is 7. The van der Waals surface area contributed by atoms with Gasteiger partial charge in [0.1, 0.15) is 0 Å². The average molecular weight is 358 g/mol. The Kier molecular flexibility index (Phi) is 5.95. The quantitative estimate of drug-likeness (QED) is 0.538. The van der Waals surface area contributed by atoms with Crippen molar-refractivity contribution < 1.29 is 18.1 Å². The van der Waals surface area contributed by atoms with Crippen LogP contribution in [0.5, 0.6) is 0 Å². The minimum absolute atomic E-state index is 0.0374. The van der Waals surface area contributed by atoms with Crippen molar-refractivity contribution in [2.75, 3.05) is 13.1 Å². The lowest BCUT2D eigenvalue weighted by Crippen LogP contribution is -2.35. The van der Waals surface area contributed by atoms with Crippen LogP contribution in [0.25, 0.3) is 0 Å². The summed E-state index contributed by atoms with van der Waals surface area (Å²) in [7, 11) is 0. The van der Waals surface area contributed by atoms with Gasteiger partial charge in [0.25, 0.3) is 0 Å². The second-order valence-electron chi connectivity index (χ2n) is 5.61. The first-order chi connectivity index (χ1) is 11.2. The fourth-order valence-corrected chi connectivity index (χ4v) is 3.03. The van der Waals surface area contributed by atoms with E-state index in [1.807, 2.05) is 31.2 Å². The Bertz CT molecular complexity index is 683. The van der Waals surface area contributed by atoms with Crippen LogP contribution >= 0.6 is 11.3 Å². The Morgan fingerprint density at radius 1 is 1.21 bits per heavy atom. The summed E-state index contributed by atoms with van der Waals surface area (Å²) >= 11 is 0.927. The molecule has 24 heavy (non-hydrogen) atoms. The molecular weight excluding hydrogens is 341 g/mol. The molecule has 2 aromatic rings. The number of nitrogens with zero attached hydrogens (tertiary/aromatic N) is 2. The van der Waals surface area contributed by atoms with Gasteiger partial charge in [0.15, 0.2) is 0 Å². The van der Waals surface area contributed by atoms with E-state index in [4.69, 9.17) is 0 Å². The first-order valence-electron chi connectivity index (χ1n) is 7.29. The molecule has 1 aromatic carbocycles. The van der Waals surface area contributed by atoms with Gasteiger partial charge in [0.2, 0.25) is 0 Å². The van der Waals surface area contributed by atoms with Gasteiger partial charge in [-0.1, -0.05) is 41.2 Å². The van der Waals surface area contributed by atoms with Gasteiger partial charge in [-0.15, -0.1) is 0 Å². The number of aryl methyl sites for hydroxylation is 1. The van der Waals surface area contributed by atoms with E-state index in [0.717, 1.165) is 22.5 Å². The molecule has 1 aromatic heterocycles. The Hall–Kier alpha value is -1.93. The molecular formula is C16H17F3N2O2S. The highest BCUT2D eigenvalue weighted by Crippen LogP contribution is 2.25. The van der Waals surface area contributed by atoms with E-state index in [1.165, 1.54) is 16.3 Å². The number of benzene rings is 1. The Morgan fingerprint density at radius 3 is 2.42 bits per heavy atom. The summed E-state index contributed by atoms with van der Waals surface area (Å²) in [6.45, 7) is 1.17. The van der Waals surface area contributed by atoms with Gasteiger partial charge in [0.05, 0.1) is 11.5 Å². The van der Waals surface area contributed by atoms with Gasteiger partial charge in [-0.25, -0.2) is 0 Å². The van der Waals surface area contributed by atoms with E-state index in [-0.39, 0.29) is 18.1 Å². The standard InChI is InChI=1S/C16H17F3N2O2S/c1-12-2-4-13(5-3-12)6-7-20(11-16(17,18)19)9-14-8-15(21(22)23)24-10-14/h2-5,8,10H,6-7,9,11H2,1H3. The Balaban J connectivity index is 2.03. The van der Waals surface area contributed by atoms with Crippen LogP contribution in [-0.4, -0.2) is 29.1 Å². The van der Waals surface area contributed by atoms with Crippen LogP contribution in [-0.2, 0) is 13.0 Å². The number of thiophene rings is 1. The Labute approximate surface area is 141 Å². The van der Waals surface area contributed by atoms with Crippen LogP contribution in [0.3, 0.4) is 0 Å². The van der Waals surface area contributed by atoms with Crippen LogP contribution in [0, 0.1) is 17.0 Å².